The molecule has 0 heterocycles. The lowest BCUT2D eigenvalue weighted by Crippen LogP contribution is -2.45. The highest BCUT2D eigenvalue weighted by atomic mass is 35.5. The molecule has 0 bridgehead atoms. The fraction of sp³-hybridized carbons (Fsp3) is 0.667. The molecule has 118 valence electrons. The molecule has 0 amide bonds. The van der Waals surface area contributed by atoms with Gasteiger partial charge in [0, 0.05) is 23.7 Å². The summed E-state index contributed by atoms with van der Waals surface area (Å²) in [6.07, 6.45) is 5.33. The van der Waals surface area contributed by atoms with Crippen LogP contribution in [0.2, 0.25) is 5.02 Å². The molecule has 4 unspecified atom stereocenters. The minimum Gasteiger partial charge on any atom is -0.329 e. The van der Waals surface area contributed by atoms with E-state index in [0.717, 1.165) is 17.5 Å². The molecule has 2 nitrogen and oxygen atoms in total. The Morgan fingerprint density at radius 3 is 2.67 bits per heavy atom. The normalized spacial score (nSPS) is 25.8. The minimum atomic E-state index is 0.296. The second-order valence-corrected chi connectivity index (χ2v) is 7.11. The van der Waals surface area contributed by atoms with Gasteiger partial charge in [0.1, 0.15) is 0 Å². The lowest BCUT2D eigenvalue weighted by atomic mass is 9.78. The van der Waals surface area contributed by atoms with Crippen LogP contribution in [0.15, 0.2) is 24.3 Å². The number of nitrogens with two attached hydrogens (primary N) is 1. The first-order valence-electron chi connectivity index (χ1n) is 8.21. The first-order chi connectivity index (χ1) is 10.0. The zero-order chi connectivity index (χ0) is 15.4. The summed E-state index contributed by atoms with van der Waals surface area (Å²) in [6.45, 7) is 5.33. The van der Waals surface area contributed by atoms with Crippen molar-refractivity contribution in [2.75, 3.05) is 13.6 Å². The monoisotopic (exact) mass is 308 g/mol. The third kappa shape index (κ3) is 4.00. The number of hydrogen-bond donors (Lipinski definition) is 1. The largest absolute Gasteiger partial charge is 0.329 e. The van der Waals surface area contributed by atoms with Gasteiger partial charge < -0.3 is 5.73 Å². The summed E-state index contributed by atoms with van der Waals surface area (Å²) in [5.41, 5.74) is 7.33. The molecule has 2 rings (SSSR count). The van der Waals surface area contributed by atoms with Gasteiger partial charge in [0.15, 0.2) is 0 Å². The molecule has 1 aliphatic carbocycles. The van der Waals surface area contributed by atoms with Crippen LogP contribution in [0, 0.1) is 11.8 Å². The lowest BCUT2D eigenvalue weighted by molar-refractivity contribution is 0.100. The van der Waals surface area contributed by atoms with Crippen molar-refractivity contribution in [2.45, 2.75) is 51.6 Å². The van der Waals surface area contributed by atoms with Crippen molar-refractivity contribution in [3.05, 3.63) is 34.9 Å². The fourth-order valence-electron chi connectivity index (χ4n) is 3.84. The van der Waals surface area contributed by atoms with E-state index < -0.39 is 0 Å². The number of hydrogen-bond acceptors (Lipinski definition) is 2. The van der Waals surface area contributed by atoms with Crippen molar-refractivity contribution < 1.29 is 0 Å². The van der Waals surface area contributed by atoms with Crippen molar-refractivity contribution in [1.82, 2.24) is 4.90 Å². The molecule has 0 saturated heterocycles. The number of likely N-dealkylation sites (N-methyl/N-ethyl adjacent to an activating group) is 1. The predicted octanol–water partition coefficient (Wildman–Crippen LogP) is 4.49. The van der Waals surface area contributed by atoms with Gasteiger partial charge in [0.25, 0.3) is 0 Å². The average Bonchev–Trinajstić information content (AvgIpc) is 2.48. The van der Waals surface area contributed by atoms with Crippen molar-refractivity contribution in [3.8, 4) is 0 Å². The average molecular weight is 309 g/mol. The summed E-state index contributed by atoms with van der Waals surface area (Å²) in [4.78, 5) is 2.43. The van der Waals surface area contributed by atoms with E-state index in [9.17, 15) is 0 Å². The van der Waals surface area contributed by atoms with E-state index in [0.29, 0.717) is 18.0 Å². The molecule has 4 atom stereocenters. The fourth-order valence-corrected chi connectivity index (χ4v) is 4.14. The molecule has 0 aromatic heterocycles. The van der Waals surface area contributed by atoms with Crippen molar-refractivity contribution in [2.24, 2.45) is 17.6 Å². The molecule has 1 fully saturated rings. The van der Waals surface area contributed by atoms with Crippen LogP contribution in [-0.2, 0) is 0 Å². The minimum absolute atomic E-state index is 0.296. The summed E-state index contributed by atoms with van der Waals surface area (Å²) >= 11 is 6.36. The molecule has 1 aromatic carbocycles. The van der Waals surface area contributed by atoms with Gasteiger partial charge in [-0.25, -0.2) is 0 Å². The van der Waals surface area contributed by atoms with E-state index in [1.807, 2.05) is 12.1 Å². The maximum Gasteiger partial charge on any atom is 0.0453 e. The van der Waals surface area contributed by atoms with Crippen LogP contribution < -0.4 is 5.73 Å². The van der Waals surface area contributed by atoms with Gasteiger partial charge in [0.2, 0.25) is 0 Å². The third-order valence-corrected chi connectivity index (χ3v) is 5.60. The maximum atomic E-state index is 6.36. The number of halogens is 1. The number of rotatable bonds is 5. The second kappa shape index (κ2) is 7.62. The molecule has 21 heavy (non-hydrogen) atoms. The Bertz CT molecular complexity index is 449. The Balaban J connectivity index is 2.12. The zero-order valence-corrected chi connectivity index (χ0v) is 14.3. The van der Waals surface area contributed by atoms with Gasteiger partial charge in [-0.3, -0.25) is 4.90 Å². The molecular formula is C18H29ClN2. The van der Waals surface area contributed by atoms with Crippen LogP contribution in [0.1, 0.15) is 51.1 Å². The van der Waals surface area contributed by atoms with Crippen LogP contribution in [0.3, 0.4) is 0 Å². The Morgan fingerprint density at radius 2 is 2.05 bits per heavy atom. The Morgan fingerprint density at radius 1 is 1.33 bits per heavy atom. The van der Waals surface area contributed by atoms with Crippen LogP contribution >= 0.6 is 11.6 Å². The molecule has 1 aliphatic rings. The summed E-state index contributed by atoms with van der Waals surface area (Å²) in [6, 6.07) is 8.89. The highest BCUT2D eigenvalue weighted by Crippen LogP contribution is 2.35. The highest BCUT2D eigenvalue weighted by molar-refractivity contribution is 6.31. The summed E-state index contributed by atoms with van der Waals surface area (Å²) < 4.78 is 0. The molecule has 0 spiro atoms. The second-order valence-electron chi connectivity index (χ2n) is 6.70. The lowest BCUT2D eigenvalue weighted by Gasteiger charge is -2.41. The molecular weight excluding hydrogens is 280 g/mol. The van der Waals surface area contributed by atoms with Gasteiger partial charge in [-0.1, -0.05) is 49.6 Å². The van der Waals surface area contributed by atoms with Crippen LogP contribution in [0.5, 0.6) is 0 Å². The van der Waals surface area contributed by atoms with Gasteiger partial charge in [0.05, 0.1) is 0 Å². The van der Waals surface area contributed by atoms with Gasteiger partial charge in [-0.15, -0.1) is 0 Å². The van der Waals surface area contributed by atoms with Crippen LogP contribution in [0.25, 0.3) is 0 Å². The molecule has 0 aliphatic heterocycles. The summed E-state index contributed by atoms with van der Waals surface area (Å²) in [5, 5.41) is 0.852. The molecule has 1 aromatic rings. The van der Waals surface area contributed by atoms with E-state index in [1.165, 1.54) is 31.2 Å². The number of benzene rings is 1. The number of nitrogens with zero attached hydrogens (tertiary/aromatic N) is 1. The van der Waals surface area contributed by atoms with Gasteiger partial charge in [-0.05, 0) is 50.3 Å². The van der Waals surface area contributed by atoms with Gasteiger partial charge in [-0.2, -0.15) is 0 Å². The SMILES string of the molecule is CC1CCCC(C(CN)N(C)C(C)c2ccccc2Cl)C1. The zero-order valence-electron chi connectivity index (χ0n) is 13.6. The molecule has 2 N–H and O–H groups in total. The Hall–Kier alpha value is -0.570. The summed E-state index contributed by atoms with van der Waals surface area (Å²) in [7, 11) is 2.20. The quantitative estimate of drug-likeness (QED) is 0.868. The topological polar surface area (TPSA) is 29.3 Å². The molecule has 1 saturated carbocycles. The standard InChI is InChI=1S/C18H29ClN2/c1-13-7-6-8-15(11-13)18(12-20)21(3)14(2)16-9-4-5-10-17(16)19/h4-5,9-10,13-15,18H,6-8,11-12,20H2,1-3H3. The highest BCUT2D eigenvalue weighted by Gasteiger charge is 2.31. The van der Waals surface area contributed by atoms with E-state index >= 15 is 0 Å². The third-order valence-electron chi connectivity index (χ3n) is 5.25. The van der Waals surface area contributed by atoms with E-state index in [4.69, 9.17) is 17.3 Å². The predicted molar refractivity (Wildman–Crippen MR) is 91.6 cm³/mol. The van der Waals surface area contributed by atoms with Crippen LogP contribution in [-0.4, -0.2) is 24.5 Å². The Labute approximate surface area is 134 Å². The van der Waals surface area contributed by atoms with E-state index in [-0.39, 0.29) is 0 Å². The molecule has 3 heteroatoms. The van der Waals surface area contributed by atoms with E-state index in [1.54, 1.807) is 0 Å². The van der Waals surface area contributed by atoms with E-state index in [2.05, 4.69) is 37.9 Å². The van der Waals surface area contributed by atoms with Crippen molar-refractivity contribution in [3.63, 3.8) is 0 Å². The first-order valence-corrected chi connectivity index (χ1v) is 8.58. The first kappa shape index (κ1) is 16.8. The Kier molecular flexibility index (Phi) is 6.09. The smallest absolute Gasteiger partial charge is 0.0453 e. The van der Waals surface area contributed by atoms with Crippen molar-refractivity contribution >= 4 is 11.6 Å². The van der Waals surface area contributed by atoms with Crippen molar-refractivity contribution in [1.29, 1.82) is 0 Å². The summed E-state index contributed by atoms with van der Waals surface area (Å²) in [5.74, 6) is 1.55. The van der Waals surface area contributed by atoms with Crippen LogP contribution in [0.4, 0.5) is 0 Å². The molecule has 0 radical (unpaired) electrons. The maximum absolute atomic E-state index is 6.36. The van der Waals surface area contributed by atoms with Gasteiger partial charge >= 0.3 is 0 Å².